The van der Waals surface area contributed by atoms with Gasteiger partial charge in [0.2, 0.25) is 5.95 Å². The number of thiazole rings is 1. The number of rotatable bonds is 7. The van der Waals surface area contributed by atoms with E-state index >= 15 is 0 Å². The van der Waals surface area contributed by atoms with Crippen molar-refractivity contribution in [2.24, 2.45) is 5.92 Å². The Bertz CT molecular complexity index is 1390. The Labute approximate surface area is 230 Å². The Morgan fingerprint density at radius 1 is 1.00 bits per heavy atom. The fraction of sp³-hybridized carbons (Fsp3) is 0.429. The number of aliphatic hydroxyl groups is 3. The summed E-state index contributed by atoms with van der Waals surface area (Å²) in [7, 11) is 0. The van der Waals surface area contributed by atoms with Crippen LogP contribution in [0.15, 0.2) is 48.8 Å². The highest BCUT2D eigenvalue weighted by atomic mass is 32.1. The van der Waals surface area contributed by atoms with E-state index in [4.69, 9.17) is 15.0 Å². The van der Waals surface area contributed by atoms with Gasteiger partial charge in [0.25, 0.3) is 0 Å². The molecule has 1 unspecified atom stereocenters. The summed E-state index contributed by atoms with van der Waals surface area (Å²) in [6.45, 7) is 3.63. The first-order valence-corrected chi connectivity index (χ1v) is 14.2. The molecular formula is C28H33N7O3S. The van der Waals surface area contributed by atoms with Crippen molar-refractivity contribution < 1.29 is 15.3 Å². The van der Waals surface area contributed by atoms with E-state index in [0.29, 0.717) is 18.2 Å². The molecule has 10 nitrogen and oxygen atoms in total. The zero-order valence-corrected chi connectivity index (χ0v) is 22.6. The Morgan fingerprint density at radius 3 is 2.51 bits per heavy atom. The smallest absolute Gasteiger partial charge is 0.225 e. The maximum absolute atomic E-state index is 10.7. The van der Waals surface area contributed by atoms with Gasteiger partial charge < -0.3 is 30.9 Å². The first-order valence-electron chi connectivity index (χ1n) is 13.4. The number of pyridine rings is 1. The molecule has 4 atom stereocenters. The van der Waals surface area contributed by atoms with Crippen molar-refractivity contribution in [3.05, 3.63) is 54.5 Å². The van der Waals surface area contributed by atoms with Gasteiger partial charge in [-0.2, -0.15) is 4.98 Å². The molecule has 4 heterocycles. The Balaban J connectivity index is 1.27. The molecule has 1 saturated heterocycles. The van der Waals surface area contributed by atoms with Crippen LogP contribution in [0.3, 0.4) is 0 Å². The highest BCUT2D eigenvalue weighted by Gasteiger charge is 2.41. The number of hydrogen-bond donors (Lipinski definition) is 5. The van der Waals surface area contributed by atoms with Crippen molar-refractivity contribution >= 4 is 39.0 Å². The van der Waals surface area contributed by atoms with Gasteiger partial charge in [0.1, 0.15) is 22.4 Å². The number of para-hydroxylation sites is 1. The van der Waals surface area contributed by atoms with Crippen LogP contribution in [0.4, 0.5) is 17.5 Å². The fourth-order valence-corrected chi connectivity index (χ4v) is 6.64. The molecular weight excluding hydrogens is 514 g/mol. The average Bonchev–Trinajstić information content (AvgIpc) is 3.50. The third-order valence-corrected chi connectivity index (χ3v) is 8.86. The Morgan fingerprint density at radius 2 is 1.79 bits per heavy atom. The van der Waals surface area contributed by atoms with Crippen LogP contribution in [-0.4, -0.2) is 79.2 Å². The summed E-state index contributed by atoms with van der Waals surface area (Å²) < 4.78 is 1.01. The predicted octanol–water partition coefficient (Wildman–Crippen LogP) is 3.05. The minimum Gasteiger partial charge on any atom is -0.396 e. The summed E-state index contributed by atoms with van der Waals surface area (Å²) in [4.78, 5) is 21.1. The molecule has 0 radical (unpaired) electrons. The average molecular weight is 548 g/mol. The summed E-state index contributed by atoms with van der Waals surface area (Å²) in [5, 5.41) is 38.4. The Hall–Kier alpha value is -3.38. The van der Waals surface area contributed by atoms with E-state index in [1.165, 1.54) is 17.0 Å². The third kappa shape index (κ3) is 5.27. The van der Waals surface area contributed by atoms with Crippen LogP contribution in [0.25, 0.3) is 20.8 Å². The van der Waals surface area contributed by atoms with E-state index < -0.39 is 24.2 Å². The van der Waals surface area contributed by atoms with Crippen molar-refractivity contribution in [3.8, 4) is 10.6 Å². The number of hydrogen-bond acceptors (Lipinski definition) is 11. The van der Waals surface area contributed by atoms with Crippen LogP contribution >= 0.6 is 11.3 Å². The highest BCUT2D eigenvalue weighted by molar-refractivity contribution is 7.21. The molecule has 1 aliphatic heterocycles. The molecule has 5 N–H and O–H groups in total. The lowest BCUT2D eigenvalue weighted by Crippen LogP contribution is -2.39. The standard InChI is InChI=1S/C28H33N7O3S/c1-16-23(27-33-21-14-29-10-7-22(21)39-27)26(32-20-13-17(15-36)24(37)25(20)38)34-28(30-16)31-18-8-11-35(12-9-18)19-5-3-2-4-6-19/h2-7,10,14,17-18,20,24-25,36-38H,8-9,11-13,15H2,1H3,(H2,30,31,32,34)/t17-,20?,24-,25+/m1/s1. The maximum atomic E-state index is 10.7. The van der Waals surface area contributed by atoms with Gasteiger partial charge in [-0.1, -0.05) is 18.2 Å². The van der Waals surface area contributed by atoms with Gasteiger partial charge in [-0.25, -0.2) is 9.97 Å². The van der Waals surface area contributed by atoms with Crippen molar-refractivity contribution in [1.82, 2.24) is 19.9 Å². The quantitative estimate of drug-likeness (QED) is 0.235. The van der Waals surface area contributed by atoms with E-state index in [-0.39, 0.29) is 12.6 Å². The van der Waals surface area contributed by atoms with E-state index in [2.05, 4.69) is 44.8 Å². The second-order valence-corrected chi connectivity index (χ2v) is 11.4. The molecule has 0 amide bonds. The topological polar surface area (TPSA) is 140 Å². The summed E-state index contributed by atoms with van der Waals surface area (Å²) >= 11 is 1.53. The summed E-state index contributed by atoms with van der Waals surface area (Å²) in [5.74, 6) is 0.671. The molecule has 2 fully saturated rings. The highest BCUT2D eigenvalue weighted by Crippen LogP contribution is 2.38. The van der Waals surface area contributed by atoms with Gasteiger partial charge in [-0.05, 0) is 44.4 Å². The van der Waals surface area contributed by atoms with E-state index in [1.807, 2.05) is 19.1 Å². The molecule has 1 aromatic carbocycles. The number of fused-ring (bicyclic) bond motifs is 1. The van der Waals surface area contributed by atoms with Gasteiger partial charge in [-0.3, -0.25) is 4.98 Å². The fourth-order valence-electron chi connectivity index (χ4n) is 5.61. The predicted molar refractivity (Wildman–Crippen MR) is 153 cm³/mol. The van der Waals surface area contributed by atoms with Gasteiger partial charge in [0, 0.05) is 43.5 Å². The van der Waals surface area contributed by atoms with Crippen molar-refractivity contribution in [2.75, 3.05) is 35.2 Å². The number of aromatic nitrogens is 4. The monoisotopic (exact) mass is 547 g/mol. The van der Waals surface area contributed by atoms with Crippen LogP contribution < -0.4 is 15.5 Å². The number of piperidine rings is 1. The van der Waals surface area contributed by atoms with Crippen LogP contribution in [0.2, 0.25) is 0 Å². The number of benzene rings is 1. The molecule has 2 aliphatic rings. The van der Waals surface area contributed by atoms with E-state index in [0.717, 1.165) is 52.4 Å². The van der Waals surface area contributed by atoms with Crippen LogP contribution in [-0.2, 0) is 0 Å². The first-order chi connectivity index (χ1) is 19.0. The van der Waals surface area contributed by atoms with Crippen LogP contribution in [0.1, 0.15) is 25.0 Å². The van der Waals surface area contributed by atoms with Crippen LogP contribution in [0, 0.1) is 12.8 Å². The molecule has 4 aromatic rings. The molecule has 0 spiro atoms. The molecule has 1 aliphatic carbocycles. The van der Waals surface area contributed by atoms with Crippen molar-refractivity contribution in [2.45, 2.75) is 50.5 Å². The zero-order valence-electron chi connectivity index (χ0n) is 21.7. The van der Waals surface area contributed by atoms with Gasteiger partial charge in [-0.15, -0.1) is 11.3 Å². The number of nitrogens with zero attached hydrogens (tertiary/aromatic N) is 5. The van der Waals surface area contributed by atoms with Gasteiger partial charge in [0.15, 0.2) is 0 Å². The molecule has 1 saturated carbocycles. The third-order valence-electron chi connectivity index (χ3n) is 7.80. The number of aryl methyl sites for hydroxylation is 1. The Kier molecular flexibility index (Phi) is 7.30. The summed E-state index contributed by atoms with van der Waals surface area (Å²) in [6, 6.07) is 12.1. The molecule has 0 bridgehead atoms. The lowest BCUT2D eigenvalue weighted by molar-refractivity contribution is 0.00446. The summed E-state index contributed by atoms with van der Waals surface area (Å²) in [6.07, 6.45) is 3.79. The molecule has 6 rings (SSSR count). The zero-order chi connectivity index (χ0) is 26.9. The minimum absolute atomic E-state index is 0.189. The van der Waals surface area contributed by atoms with Gasteiger partial charge in [0.05, 0.1) is 34.3 Å². The molecule has 3 aromatic heterocycles. The number of nitrogens with one attached hydrogen (secondary N) is 2. The van der Waals surface area contributed by atoms with Gasteiger partial charge >= 0.3 is 0 Å². The normalized spacial score (nSPS) is 23.8. The summed E-state index contributed by atoms with van der Waals surface area (Å²) in [5.41, 5.74) is 3.56. The van der Waals surface area contributed by atoms with Crippen molar-refractivity contribution in [1.29, 1.82) is 0 Å². The minimum atomic E-state index is -1.02. The largest absolute Gasteiger partial charge is 0.396 e. The second-order valence-electron chi connectivity index (χ2n) is 10.4. The molecule has 204 valence electrons. The molecule has 11 heteroatoms. The van der Waals surface area contributed by atoms with E-state index in [1.54, 1.807) is 12.4 Å². The lowest BCUT2D eigenvalue weighted by Gasteiger charge is -2.34. The maximum Gasteiger partial charge on any atom is 0.225 e. The lowest BCUT2D eigenvalue weighted by atomic mass is 10.0. The van der Waals surface area contributed by atoms with E-state index in [9.17, 15) is 15.3 Å². The van der Waals surface area contributed by atoms with Crippen molar-refractivity contribution in [3.63, 3.8) is 0 Å². The molecule has 39 heavy (non-hydrogen) atoms. The number of anilines is 3. The van der Waals surface area contributed by atoms with Crippen LogP contribution in [0.5, 0.6) is 0 Å². The SMILES string of the molecule is Cc1nc(NC2CCN(c3ccccc3)CC2)nc(NC2C[C@H](CO)[C@@H](O)[C@H]2O)c1-c1nc2cnccc2s1. The first kappa shape index (κ1) is 25.9. The second kappa shape index (κ2) is 11.0. The number of aliphatic hydroxyl groups excluding tert-OH is 3.